The maximum absolute atomic E-state index is 12.5. The van der Waals surface area contributed by atoms with Gasteiger partial charge in [0.2, 0.25) is 0 Å². The lowest BCUT2D eigenvalue weighted by Gasteiger charge is -2.31. The monoisotopic (exact) mass is 289 g/mol. The number of rotatable bonds is 6. The third-order valence-electron chi connectivity index (χ3n) is 4.58. The molecule has 114 valence electrons. The van der Waals surface area contributed by atoms with Crippen molar-refractivity contribution in [1.82, 2.24) is 5.32 Å². The highest BCUT2D eigenvalue weighted by atomic mass is 16.4. The second kappa shape index (κ2) is 6.29. The van der Waals surface area contributed by atoms with E-state index in [0.717, 1.165) is 19.3 Å². The number of hydrogen-bond acceptors (Lipinski definition) is 2. The average molecular weight is 289 g/mol. The molecule has 0 saturated heterocycles. The number of hydrogen-bond donors (Lipinski definition) is 2. The van der Waals surface area contributed by atoms with Gasteiger partial charge in [-0.05, 0) is 55.4 Å². The maximum atomic E-state index is 12.5. The molecule has 4 heteroatoms. The van der Waals surface area contributed by atoms with E-state index < -0.39 is 11.5 Å². The van der Waals surface area contributed by atoms with Crippen molar-refractivity contribution in [2.45, 2.75) is 57.9 Å². The summed E-state index contributed by atoms with van der Waals surface area (Å²) in [4.78, 5) is 23.5. The quantitative estimate of drug-likeness (QED) is 0.846. The molecular weight excluding hydrogens is 266 g/mol. The van der Waals surface area contributed by atoms with Gasteiger partial charge >= 0.3 is 5.97 Å². The van der Waals surface area contributed by atoms with Gasteiger partial charge in [-0.2, -0.15) is 0 Å². The van der Waals surface area contributed by atoms with E-state index in [1.165, 1.54) is 11.1 Å². The molecule has 2 N–H and O–H groups in total. The van der Waals surface area contributed by atoms with E-state index in [2.05, 4.69) is 5.32 Å². The van der Waals surface area contributed by atoms with Crippen LogP contribution in [0.5, 0.6) is 0 Å². The minimum absolute atomic E-state index is 0.0450. The molecule has 1 aromatic rings. The molecule has 1 aromatic carbocycles. The molecule has 0 saturated carbocycles. The lowest BCUT2D eigenvalue weighted by Crippen LogP contribution is -2.49. The number of aliphatic carboxylic acids is 1. The topological polar surface area (TPSA) is 66.4 Å². The second-order valence-electron chi connectivity index (χ2n) is 5.85. The molecule has 21 heavy (non-hydrogen) atoms. The highest BCUT2D eigenvalue weighted by Gasteiger charge is 2.31. The summed E-state index contributed by atoms with van der Waals surface area (Å²) in [5, 5.41) is 12.0. The molecule has 1 aliphatic rings. The fourth-order valence-corrected chi connectivity index (χ4v) is 3.04. The fraction of sp³-hybridized carbons (Fsp3) is 0.529. The molecule has 4 nitrogen and oxygen atoms in total. The van der Waals surface area contributed by atoms with Crippen LogP contribution in [0.3, 0.4) is 0 Å². The van der Waals surface area contributed by atoms with Gasteiger partial charge in [0.1, 0.15) is 0 Å². The second-order valence-corrected chi connectivity index (χ2v) is 5.85. The predicted molar refractivity (Wildman–Crippen MR) is 81.5 cm³/mol. The number of fused-ring (bicyclic) bond motifs is 1. The van der Waals surface area contributed by atoms with E-state index in [1.54, 1.807) is 0 Å². The smallest absolute Gasteiger partial charge is 0.305 e. The highest BCUT2D eigenvalue weighted by molar-refractivity contribution is 5.95. The van der Waals surface area contributed by atoms with Crippen LogP contribution in [0.1, 0.15) is 61.0 Å². The van der Waals surface area contributed by atoms with Crippen LogP contribution in [0.25, 0.3) is 0 Å². The summed E-state index contributed by atoms with van der Waals surface area (Å²) in [5.41, 5.74) is 2.54. The van der Waals surface area contributed by atoms with Crippen LogP contribution in [0.15, 0.2) is 18.2 Å². The number of carboxylic acids is 1. The minimum atomic E-state index is -0.882. The lowest BCUT2D eigenvalue weighted by molar-refractivity contribution is -0.138. The van der Waals surface area contributed by atoms with Crippen molar-refractivity contribution in [3.05, 3.63) is 34.9 Å². The van der Waals surface area contributed by atoms with Crippen molar-refractivity contribution < 1.29 is 14.7 Å². The molecule has 0 fully saturated rings. The summed E-state index contributed by atoms with van der Waals surface area (Å²) in [7, 11) is 0. The average Bonchev–Trinajstić information content (AvgIpc) is 2.93. The molecular formula is C17H23NO3. The van der Waals surface area contributed by atoms with Crippen molar-refractivity contribution in [2.24, 2.45) is 0 Å². The summed E-state index contributed by atoms with van der Waals surface area (Å²) in [5.74, 6) is -1.05. The number of benzene rings is 1. The first-order valence-corrected chi connectivity index (χ1v) is 7.66. The Balaban J connectivity index is 2.17. The molecule has 0 aromatic heterocycles. The molecule has 0 atom stereocenters. The van der Waals surface area contributed by atoms with Crippen molar-refractivity contribution in [3.63, 3.8) is 0 Å². The fourth-order valence-electron chi connectivity index (χ4n) is 3.04. The Morgan fingerprint density at radius 1 is 1.19 bits per heavy atom. The molecule has 0 spiro atoms. The summed E-state index contributed by atoms with van der Waals surface area (Å²) in [6, 6.07) is 5.82. The van der Waals surface area contributed by atoms with Gasteiger partial charge in [0.05, 0.1) is 12.0 Å². The molecule has 2 rings (SSSR count). The number of aryl methyl sites for hydroxylation is 2. The largest absolute Gasteiger partial charge is 0.481 e. The maximum Gasteiger partial charge on any atom is 0.305 e. The van der Waals surface area contributed by atoms with Gasteiger partial charge < -0.3 is 10.4 Å². The van der Waals surface area contributed by atoms with Gasteiger partial charge in [-0.3, -0.25) is 9.59 Å². The van der Waals surface area contributed by atoms with Crippen LogP contribution in [-0.2, 0) is 17.6 Å². The first-order valence-electron chi connectivity index (χ1n) is 7.66. The normalized spacial score (nSPS) is 13.8. The number of nitrogens with one attached hydrogen (secondary N) is 1. The van der Waals surface area contributed by atoms with E-state index in [-0.39, 0.29) is 12.3 Å². The minimum Gasteiger partial charge on any atom is -0.481 e. The highest BCUT2D eigenvalue weighted by Crippen LogP contribution is 2.24. The Labute approximate surface area is 125 Å². The van der Waals surface area contributed by atoms with Crippen LogP contribution in [0.4, 0.5) is 0 Å². The zero-order valence-corrected chi connectivity index (χ0v) is 12.7. The number of carbonyl (C=O) groups excluding carboxylic acids is 1. The zero-order chi connectivity index (χ0) is 15.5. The molecule has 0 aliphatic heterocycles. The summed E-state index contributed by atoms with van der Waals surface area (Å²) < 4.78 is 0. The third-order valence-corrected chi connectivity index (χ3v) is 4.58. The van der Waals surface area contributed by atoms with Crippen LogP contribution in [0, 0.1) is 0 Å². The van der Waals surface area contributed by atoms with Gasteiger partial charge in [-0.1, -0.05) is 19.9 Å². The van der Waals surface area contributed by atoms with Crippen LogP contribution < -0.4 is 5.32 Å². The van der Waals surface area contributed by atoms with Gasteiger partial charge in [-0.25, -0.2) is 0 Å². The molecule has 1 aliphatic carbocycles. The molecule has 0 bridgehead atoms. The molecule has 0 unspecified atom stereocenters. The van der Waals surface area contributed by atoms with Crippen molar-refractivity contribution >= 4 is 11.9 Å². The van der Waals surface area contributed by atoms with E-state index in [9.17, 15) is 9.59 Å². The summed E-state index contributed by atoms with van der Waals surface area (Å²) in [6.07, 6.45) is 4.42. The molecule has 0 radical (unpaired) electrons. The number of amides is 1. The third kappa shape index (κ3) is 3.43. The molecule has 0 heterocycles. The Morgan fingerprint density at radius 3 is 2.48 bits per heavy atom. The Hall–Kier alpha value is -1.84. The Bertz CT molecular complexity index is 547. The van der Waals surface area contributed by atoms with Gasteiger partial charge in [-0.15, -0.1) is 0 Å². The van der Waals surface area contributed by atoms with E-state index in [4.69, 9.17) is 5.11 Å². The first kappa shape index (κ1) is 15.5. The van der Waals surface area contributed by atoms with Crippen LogP contribution in [0.2, 0.25) is 0 Å². The van der Waals surface area contributed by atoms with Crippen molar-refractivity contribution in [2.75, 3.05) is 0 Å². The standard InChI is InChI=1S/C17H23NO3/c1-3-17(4-2,11-15(19)20)18-16(21)14-9-8-12-6-5-7-13(12)10-14/h8-10H,3-7,11H2,1-2H3,(H,18,21)(H,19,20). The van der Waals surface area contributed by atoms with Gasteiger partial charge in [0.25, 0.3) is 5.91 Å². The van der Waals surface area contributed by atoms with Gasteiger partial charge in [0.15, 0.2) is 0 Å². The predicted octanol–water partition coefficient (Wildman–Crippen LogP) is 2.94. The number of carbonyl (C=O) groups is 2. The van der Waals surface area contributed by atoms with Crippen LogP contribution in [-0.4, -0.2) is 22.5 Å². The van der Waals surface area contributed by atoms with E-state index in [1.807, 2.05) is 32.0 Å². The van der Waals surface area contributed by atoms with Gasteiger partial charge in [0, 0.05) is 5.56 Å². The lowest BCUT2D eigenvalue weighted by atomic mass is 9.88. The summed E-state index contributed by atoms with van der Waals surface area (Å²) >= 11 is 0. The van der Waals surface area contributed by atoms with Crippen LogP contribution >= 0.6 is 0 Å². The number of carboxylic acid groups (broad SMARTS) is 1. The zero-order valence-electron chi connectivity index (χ0n) is 12.7. The Morgan fingerprint density at radius 2 is 1.86 bits per heavy atom. The van der Waals surface area contributed by atoms with Crippen molar-refractivity contribution in [1.29, 1.82) is 0 Å². The first-order chi connectivity index (χ1) is 9.99. The SMILES string of the molecule is CCC(CC)(CC(=O)O)NC(=O)c1ccc2c(c1)CCC2. The van der Waals surface area contributed by atoms with E-state index in [0.29, 0.717) is 18.4 Å². The molecule has 1 amide bonds. The van der Waals surface area contributed by atoms with E-state index >= 15 is 0 Å². The Kier molecular flexibility index (Phi) is 4.66. The van der Waals surface area contributed by atoms with Crippen molar-refractivity contribution in [3.8, 4) is 0 Å². The summed E-state index contributed by atoms with van der Waals surface area (Å²) in [6.45, 7) is 3.82.